The molecule has 3 aliphatic rings. The minimum Gasteiger partial charge on any atom is -0.360 e. The maximum atomic E-state index is 14.3. The zero-order valence-corrected chi connectivity index (χ0v) is 24.4. The minimum absolute atomic E-state index is 0.151. The van der Waals surface area contributed by atoms with E-state index in [-0.39, 0.29) is 6.03 Å². The van der Waals surface area contributed by atoms with E-state index >= 15 is 0 Å². The Balaban J connectivity index is 1.30. The zero-order chi connectivity index (χ0) is 28.0. The van der Waals surface area contributed by atoms with Gasteiger partial charge >= 0.3 is 6.03 Å². The van der Waals surface area contributed by atoms with Gasteiger partial charge in [0.15, 0.2) is 5.11 Å². The van der Waals surface area contributed by atoms with E-state index in [0.717, 1.165) is 46.7 Å². The number of carbonyl (C=O) groups is 1. The van der Waals surface area contributed by atoms with Crippen molar-refractivity contribution >= 4 is 46.1 Å². The van der Waals surface area contributed by atoms with Crippen LogP contribution in [0.15, 0.2) is 84.0 Å². The molecule has 0 aromatic heterocycles. The number of fused-ring (bicyclic) bond motifs is 1. The first-order chi connectivity index (χ1) is 20.2. The lowest BCUT2D eigenvalue weighted by Crippen LogP contribution is -2.38. The van der Waals surface area contributed by atoms with Crippen LogP contribution in [0, 0.1) is 5.92 Å². The summed E-state index contributed by atoms with van der Waals surface area (Å²) in [5, 5.41) is 14.3. The van der Waals surface area contributed by atoms with Crippen LogP contribution in [0.2, 0.25) is 0 Å². The summed E-state index contributed by atoms with van der Waals surface area (Å²) in [5.74, 6) is 0.347. The van der Waals surface area contributed by atoms with Crippen LogP contribution >= 0.6 is 12.2 Å². The van der Waals surface area contributed by atoms with Crippen molar-refractivity contribution in [3.05, 3.63) is 90.0 Å². The molecule has 6 rings (SSSR count). The van der Waals surface area contributed by atoms with Crippen LogP contribution in [0.3, 0.4) is 0 Å². The van der Waals surface area contributed by atoms with Crippen molar-refractivity contribution in [2.75, 3.05) is 10.2 Å². The van der Waals surface area contributed by atoms with Gasteiger partial charge in [0, 0.05) is 23.2 Å². The van der Waals surface area contributed by atoms with Gasteiger partial charge in [0.2, 0.25) is 0 Å². The van der Waals surface area contributed by atoms with Crippen LogP contribution in [0.5, 0.6) is 0 Å². The topological polar surface area (TPSA) is 60.0 Å². The molecule has 2 amide bonds. The molecule has 2 aliphatic carbocycles. The first kappa shape index (κ1) is 27.5. The van der Waals surface area contributed by atoms with Gasteiger partial charge in [0.05, 0.1) is 23.6 Å². The van der Waals surface area contributed by atoms with Crippen molar-refractivity contribution in [1.82, 2.24) is 10.3 Å². The summed E-state index contributed by atoms with van der Waals surface area (Å²) in [6.07, 6.45) is 12.1. The Hall–Kier alpha value is -3.71. The standard InChI is InChI=1S/C34H39N5OS/c40-34-38(24-25-12-4-1-5-13-25)37-32(26-14-6-2-7-15-26)30-18-10-11-19-31(30)39(34)29-22-20-28(21-23-29)36-33(41)35-27-16-8-3-9-17-27/h1,4-5,10-13,18-23,26-27H,2-3,6-9,14-17,24H2,(H2,35,36,41). The molecule has 1 aliphatic heterocycles. The average Bonchev–Trinajstić information content (AvgIpc) is 3.13. The number of amides is 2. The third kappa shape index (κ3) is 6.46. The molecule has 3 aromatic carbocycles. The molecule has 0 atom stereocenters. The van der Waals surface area contributed by atoms with E-state index in [4.69, 9.17) is 17.3 Å². The lowest BCUT2D eigenvalue weighted by molar-refractivity contribution is 0.207. The second kappa shape index (κ2) is 12.9. The molecule has 0 saturated heterocycles. The Morgan fingerprint density at radius 3 is 2.20 bits per heavy atom. The lowest BCUT2D eigenvalue weighted by atomic mass is 9.83. The lowest BCUT2D eigenvalue weighted by Gasteiger charge is -2.27. The number of hydrogen-bond acceptors (Lipinski definition) is 3. The smallest absolute Gasteiger partial charge is 0.349 e. The Morgan fingerprint density at radius 1 is 0.805 bits per heavy atom. The quantitative estimate of drug-likeness (QED) is 0.295. The molecule has 7 heteroatoms. The van der Waals surface area contributed by atoms with Gasteiger partial charge in [-0.2, -0.15) is 5.10 Å². The van der Waals surface area contributed by atoms with Gasteiger partial charge in [-0.15, -0.1) is 0 Å². The molecule has 0 unspecified atom stereocenters. The summed E-state index contributed by atoms with van der Waals surface area (Å²) in [7, 11) is 0. The molecule has 6 nitrogen and oxygen atoms in total. The molecule has 2 N–H and O–H groups in total. The highest BCUT2D eigenvalue weighted by atomic mass is 32.1. The maximum Gasteiger partial charge on any atom is 0.349 e. The average molecular weight is 566 g/mol. The Bertz CT molecular complexity index is 1380. The first-order valence-electron chi connectivity index (χ1n) is 15.2. The van der Waals surface area contributed by atoms with Gasteiger partial charge in [-0.3, -0.25) is 4.90 Å². The Labute approximate surface area is 248 Å². The van der Waals surface area contributed by atoms with Gasteiger partial charge in [-0.05, 0) is 73.8 Å². The summed E-state index contributed by atoms with van der Waals surface area (Å²) < 4.78 is 0. The van der Waals surface area contributed by atoms with Crippen molar-refractivity contribution in [2.45, 2.75) is 76.8 Å². The highest BCUT2D eigenvalue weighted by Crippen LogP contribution is 2.38. The number of thiocarbonyl (C=S) groups is 1. The number of anilines is 3. The number of benzene rings is 3. The molecule has 2 saturated carbocycles. The third-order valence-corrected chi connectivity index (χ3v) is 8.77. The predicted octanol–water partition coefficient (Wildman–Crippen LogP) is 8.36. The van der Waals surface area contributed by atoms with E-state index in [0.29, 0.717) is 23.6 Å². The first-order valence-corrected chi connectivity index (χ1v) is 15.6. The molecule has 41 heavy (non-hydrogen) atoms. The summed E-state index contributed by atoms with van der Waals surface area (Å²) in [6, 6.07) is 26.6. The van der Waals surface area contributed by atoms with Crippen LogP contribution in [-0.2, 0) is 6.54 Å². The minimum atomic E-state index is -0.151. The van der Waals surface area contributed by atoms with E-state index < -0.39 is 0 Å². The summed E-state index contributed by atoms with van der Waals surface area (Å²) in [6.45, 7) is 0.418. The van der Waals surface area contributed by atoms with E-state index in [1.165, 1.54) is 51.4 Å². The van der Waals surface area contributed by atoms with E-state index in [1.54, 1.807) is 5.01 Å². The van der Waals surface area contributed by atoms with Gasteiger partial charge in [-0.25, -0.2) is 9.80 Å². The van der Waals surface area contributed by atoms with Gasteiger partial charge < -0.3 is 10.6 Å². The number of hydrogen-bond donors (Lipinski definition) is 2. The fourth-order valence-electron chi connectivity index (χ4n) is 6.41. The number of urea groups is 1. The van der Waals surface area contributed by atoms with Crippen LogP contribution < -0.4 is 15.5 Å². The van der Waals surface area contributed by atoms with Crippen molar-refractivity contribution in [2.24, 2.45) is 11.0 Å². The van der Waals surface area contributed by atoms with Gasteiger partial charge in [-0.1, -0.05) is 87.1 Å². The number of para-hydroxylation sites is 1. The molecule has 1 heterocycles. The summed E-state index contributed by atoms with van der Waals surface area (Å²) in [5.41, 5.74) is 5.72. The van der Waals surface area contributed by atoms with E-state index in [2.05, 4.69) is 34.9 Å². The summed E-state index contributed by atoms with van der Waals surface area (Å²) in [4.78, 5) is 16.1. The van der Waals surface area contributed by atoms with Crippen LogP contribution in [0.25, 0.3) is 0 Å². The number of rotatable bonds is 6. The fraction of sp³-hybridized carbons (Fsp3) is 0.382. The number of nitrogens with one attached hydrogen (secondary N) is 2. The van der Waals surface area contributed by atoms with Crippen LogP contribution in [-0.4, -0.2) is 27.9 Å². The van der Waals surface area contributed by atoms with E-state index in [9.17, 15) is 4.79 Å². The van der Waals surface area contributed by atoms with Crippen LogP contribution in [0.4, 0.5) is 21.9 Å². The van der Waals surface area contributed by atoms with Crippen LogP contribution in [0.1, 0.15) is 75.3 Å². The normalized spacial score (nSPS) is 18.3. The molecule has 3 aromatic rings. The Kier molecular flexibility index (Phi) is 8.61. The van der Waals surface area contributed by atoms with Gasteiger partial charge in [0.1, 0.15) is 0 Å². The number of hydrazone groups is 1. The van der Waals surface area contributed by atoms with Gasteiger partial charge in [0.25, 0.3) is 0 Å². The highest BCUT2D eigenvalue weighted by molar-refractivity contribution is 7.80. The van der Waals surface area contributed by atoms with E-state index in [1.807, 2.05) is 59.5 Å². The molecule has 0 bridgehead atoms. The monoisotopic (exact) mass is 565 g/mol. The fourth-order valence-corrected chi connectivity index (χ4v) is 6.69. The predicted molar refractivity (Wildman–Crippen MR) is 172 cm³/mol. The molecule has 0 radical (unpaired) electrons. The summed E-state index contributed by atoms with van der Waals surface area (Å²) >= 11 is 5.61. The second-order valence-electron chi connectivity index (χ2n) is 11.5. The SMILES string of the molecule is O=C1N(Cc2ccccc2)N=C(C2CCCCC2)c2ccccc2N1c1ccc(NC(=S)NC2CCCCC2)cc1. The maximum absolute atomic E-state index is 14.3. The second-order valence-corrected chi connectivity index (χ2v) is 11.9. The van der Waals surface area contributed by atoms with Crippen molar-refractivity contribution < 1.29 is 4.79 Å². The number of carbonyl (C=O) groups excluding carboxylic acids is 1. The van der Waals surface area contributed by atoms with Crippen molar-refractivity contribution in [3.8, 4) is 0 Å². The molecule has 2 fully saturated rings. The highest BCUT2D eigenvalue weighted by Gasteiger charge is 2.34. The number of nitrogens with zero attached hydrogens (tertiary/aromatic N) is 3. The molecule has 0 spiro atoms. The third-order valence-electron chi connectivity index (χ3n) is 8.55. The largest absolute Gasteiger partial charge is 0.360 e. The molecule has 212 valence electrons. The zero-order valence-electron chi connectivity index (χ0n) is 23.6. The Morgan fingerprint density at radius 2 is 1.46 bits per heavy atom. The molecular weight excluding hydrogens is 526 g/mol. The molecular formula is C34H39N5OS. The van der Waals surface area contributed by atoms with Crippen molar-refractivity contribution in [1.29, 1.82) is 0 Å². The van der Waals surface area contributed by atoms with Crippen molar-refractivity contribution in [3.63, 3.8) is 0 Å².